The fourth-order valence-electron chi connectivity index (χ4n) is 2.56. The number of hydrogen-bond acceptors (Lipinski definition) is 5. The highest BCUT2D eigenvalue weighted by Gasteiger charge is 2.30. The molecule has 0 fully saturated rings. The first-order valence-electron chi connectivity index (χ1n) is 8.87. The van der Waals surface area contributed by atoms with Crippen molar-refractivity contribution in [1.29, 1.82) is 0 Å². The highest BCUT2D eigenvalue weighted by Crippen LogP contribution is 2.33. The van der Waals surface area contributed by atoms with Gasteiger partial charge in [0, 0.05) is 12.1 Å². The van der Waals surface area contributed by atoms with Gasteiger partial charge in [0.25, 0.3) is 5.91 Å². The molecule has 9 heteroatoms. The summed E-state index contributed by atoms with van der Waals surface area (Å²) in [6.45, 7) is 1.46. The molecule has 1 heterocycles. The van der Waals surface area contributed by atoms with Crippen LogP contribution in [0.5, 0.6) is 0 Å². The van der Waals surface area contributed by atoms with Crippen LogP contribution >= 0.6 is 11.3 Å². The van der Waals surface area contributed by atoms with E-state index in [1.807, 2.05) is 30.3 Å². The van der Waals surface area contributed by atoms with Crippen LogP contribution < -0.4 is 5.32 Å². The van der Waals surface area contributed by atoms with E-state index >= 15 is 0 Å². The van der Waals surface area contributed by atoms with Crippen molar-refractivity contribution in [3.63, 3.8) is 0 Å². The molecule has 0 aliphatic heterocycles. The van der Waals surface area contributed by atoms with Crippen LogP contribution in [0.15, 0.2) is 54.6 Å². The monoisotopic (exact) mass is 434 g/mol. The quantitative estimate of drug-likeness (QED) is 0.576. The first kappa shape index (κ1) is 21.5. The summed E-state index contributed by atoms with van der Waals surface area (Å²) >= 11 is 0.997. The molecule has 0 aliphatic rings. The molecule has 0 bridgehead atoms. The molecule has 3 aromatic rings. The minimum Gasteiger partial charge on any atom is -0.451 e. The molecule has 0 radical (unpaired) electrons. The van der Waals surface area contributed by atoms with Crippen molar-refractivity contribution < 1.29 is 27.5 Å². The third-order valence-electron chi connectivity index (χ3n) is 4.11. The Kier molecular flexibility index (Phi) is 6.51. The van der Waals surface area contributed by atoms with Crippen molar-refractivity contribution >= 4 is 23.2 Å². The summed E-state index contributed by atoms with van der Waals surface area (Å²) in [6, 6.07) is 13.8. The molecule has 0 saturated heterocycles. The van der Waals surface area contributed by atoms with Gasteiger partial charge in [-0.2, -0.15) is 13.2 Å². The number of nitrogens with one attached hydrogen (secondary N) is 1. The van der Waals surface area contributed by atoms with E-state index in [1.54, 1.807) is 6.92 Å². The van der Waals surface area contributed by atoms with Crippen LogP contribution in [0, 0.1) is 6.92 Å². The number of carbonyl (C=O) groups excluding carboxylic acids is 2. The number of aryl methyl sites for hydroxylation is 1. The maximum Gasteiger partial charge on any atom is 0.416 e. The van der Waals surface area contributed by atoms with Crippen molar-refractivity contribution in [2.24, 2.45) is 0 Å². The molecule has 156 valence electrons. The second-order valence-corrected chi connectivity index (χ2v) is 7.35. The van der Waals surface area contributed by atoms with E-state index in [1.165, 1.54) is 12.1 Å². The number of ether oxygens (including phenoxy) is 1. The molecule has 0 aliphatic carbocycles. The van der Waals surface area contributed by atoms with Gasteiger partial charge in [-0.05, 0) is 24.6 Å². The summed E-state index contributed by atoms with van der Waals surface area (Å²) in [5.74, 6) is -1.16. The predicted molar refractivity (Wildman–Crippen MR) is 106 cm³/mol. The number of alkyl halides is 3. The maximum absolute atomic E-state index is 12.7. The topological polar surface area (TPSA) is 68.3 Å². The fourth-order valence-corrected chi connectivity index (χ4v) is 3.52. The van der Waals surface area contributed by atoms with Gasteiger partial charge < -0.3 is 10.1 Å². The molecule has 0 spiro atoms. The van der Waals surface area contributed by atoms with Gasteiger partial charge in [0.15, 0.2) is 6.61 Å². The third-order valence-corrected chi connectivity index (χ3v) is 5.29. The Morgan fingerprint density at radius 3 is 2.37 bits per heavy atom. The summed E-state index contributed by atoms with van der Waals surface area (Å²) in [6.07, 6.45) is -4.42. The van der Waals surface area contributed by atoms with Crippen molar-refractivity contribution in [1.82, 2.24) is 10.3 Å². The molecule has 1 amide bonds. The lowest BCUT2D eigenvalue weighted by atomic mass is 10.1. The molecule has 30 heavy (non-hydrogen) atoms. The normalized spacial score (nSPS) is 11.2. The minimum absolute atomic E-state index is 0.195. The highest BCUT2D eigenvalue weighted by molar-refractivity contribution is 7.17. The lowest BCUT2D eigenvalue weighted by Crippen LogP contribution is -2.28. The van der Waals surface area contributed by atoms with Crippen LogP contribution in [-0.4, -0.2) is 23.5 Å². The largest absolute Gasteiger partial charge is 0.451 e. The first-order chi connectivity index (χ1) is 14.2. The van der Waals surface area contributed by atoms with Gasteiger partial charge in [0.2, 0.25) is 0 Å². The molecule has 0 unspecified atom stereocenters. The summed E-state index contributed by atoms with van der Waals surface area (Å²) < 4.78 is 43.1. The van der Waals surface area contributed by atoms with E-state index in [-0.39, 0.29) is 4.88 Å². The molecular weight excluding hydrogens is 417 g/mol. The Bertz CT molecular complexity index is 1030. The lowest BCUT2D eigenvalue weighted by molar-refractivity contribution is -0.137. The van der Waals surface area contributed by atoms with Crippen LogP contribution in [-0.2, 0) is 22.3 Å². The van der Waals surface area contributed by atoms with Crippen molar-refractivity contribution in [2.75, 3.05) is 6.61 Å². The summed E-state index contributed by atoms with van der Waals surface area (Å²) in [5, 5.41) is 3.04. The average Bonchev–Trinajstić information content (AvgIpc) is 3.12. The second-order valence-electron chi connectivity index (χ2n) is 6.35. The number of hydrogen-bond donors (Lipinski definition) is 1. The van der Waals surface area contributed by atoms with Gasteiger partial charge in [-0.25, -0.2) is 9.78 Å². The average molecular weight is 434 g/mol. The smallest absolute Gasteiger partial charge is 0.416 e. The maximum atomic E-state index is 12.7. The molecule has 0 atom stereocenters. The summed E-state index contributed by atoms with van der Waals surface area (Å²) in [4.78, 5) is 28.6. The lowest BCUT2D eigenvalue weighted by Gasteiger charge is -2.06. The zero-order chi connectivity index (χ0) is 21.7. The van der Waals surface area contributed by atoms with Gasteiger partial charge in [-0.3, -0.25) is 4.79 Å². The fraction of sp³-hybridized carbons (Fsp3) is 0.190. The van der Waals surface area contributed by atoms with E-state index in [2.05, 4.69) is 10.3 Å². The second kappa shape index (κ2) is 9.08. The number of nitrogens with zero attached hydrogens (tertiary/aromatic N) is 1. The van der Waals surface area contributed by atoms with Crippen LogP contribution in [0.4, 0.5) is 13.2 Å². The number of rotatable bonds is 6. The Hall–Kier alpha value is -3.20. The first-order valence-corrected chi connectivity index (χ1v) is 9.68. The SMILES string of the molecule is Cc1nc(-c2ccc(C(F)(F)F)cc2)sc1C(=O)OCC(=O)NCc1ccccc1. The van der Waals surface area contributed by atoms with E-state index in [0.717, 1.165) is 29.0 Å². The predicted octanol–water partition coefficient (Wildman–Crippen LogP) is 4.61. The molecular formula is C21H17F3N2O3S. The Labute approximate surface area is 174 Å². The number of carbonyl (C=O) groups is 2. The number of thiazole rings is 1. The third kappa shape index (κ3) is 5.44. The number of aromatic nitrogens is 1. The summed E-state index contributed by atoms with van der Waals surface area (Å²) in [5.41, 5.74) is 0.984. The zero-order valence-electron chi connectivity index (χ0n) is 15.8. The van der Waals surface area contributed by atoms with Crippen LogP contribution in [0.25, 0.3) is 10.6 Å². The number of halogens is 3. The minimum atomic E-state index is -4.42. The van der Waals surface area contributed by atoms with Gasteiger partial charge in [0.05, 0.1) is 11.3 Å². The molecule has 1 aromatic heterocycles. The van der Waals surface area contributed by atoms with Gasteiger partial charge in [0.1, 0.15) is 9.88 Å². The van der Waals surface area contributed by atoms with Crippen LogP contribution in [0.3, 0.4) is 0 Å². The van der Waals surface area contributed by atoms with E-state index in [9.17, 15) is 22.8 Å². The van der Waals surface area contributed by atoms with Gasteiger partial charge >= 0.3 is 12.1 Å². The number of amides is 1. The highest BCUT2D eigenvalue weighted by atomic mass is 32.1. The van der Waals surface area contributed by atoms with Gasteiger partial charge in [-0.15, -0.1) is 11.3 Å². The molecule has 5 nitrogen and oxygen atoms in total. The van der Waals surface area contributed by atoms with Gasteiger partial charge in [-0.1, -0.05) is 42.5 Å². The van der Waals surface area contributed by atoms with E-state index in [0.29, 0.717) is 22.8 Å². The van der Waals surface area contributed by atoms with Crippen molar-refractivity contribution in [2.45, 2.75) is 19.6 Å². The molecule has 1 N–H and O–H groups in total. The standard InChI is InChI=1S/C21H17F3N2O3S/c1-13-18(20(28)29-12-17(27)25-11-14-5-3-2-4-6-14)30-19(26-13)15-7-9-16(10-8-15)21(22,23)24/h2-10H,11-12H2,1H3,(H,25,27). The number of esters is 1. The molecule has 3 rings (SSSR count). The van der Waals surface area contributed by atoms with Crippen molar-refractivity contribution in [3.05, 3.63) is 76.3 Å². The Balaban J connectivity index is 1.59. The van der Waals surface area contributed by atoms with Crippen LogP contribution in [0.2, 0.25) is 0 Å². The van der Waals surface area contributed by atoms with E-state index < -0.39 is 30.2 Å². The zero-order valence-corrected chi connectivity index (χ0v) is 16.6. The van der Waals surface area contributed by atoms with Crippen molar-refractivity contribution in [3.8, 4) is 10.6 Å². The van der Waals surface area contributed by atoms with Crippen LogP contribution in [0.1, 0.15) is 26.5 Å². The summed E-state index contributed by atoms with van der Waals surface area (Å²) in [7, 11) is 0. The molecule has 0 saturated carbocycles. The Morgan fingerprint density at radius 2 is 1.73 bits per heavy atom. The molecule has 2 aromatic carbocycles. The Morgan fingerprint density at radius 1 is 1.07 bits per heavy atom. The van der Waals surface area contributed by atoms with E-state index in [4.69, 9.17) is 4.74 Å². The number of benzene rings is 2.